The number of amides is 2. The highest BCUT2D eigenvalue weighted by molar-refractivity contribution is 5.96. The number of carbonyl (C=O) groups excluding carboxylic acids is 2. The lowest BCUT2D eigenvalue weighted by molar-refractivity contribution is -0.132. The summed E-state index contributed by atoms with van der Waals surface area (Å²) in [5.74, 6) is 1.77. The summed E-state index contributed by atoms with van der Waals surface area (Å²) >= 11 is 0. The standard InChI is InChI=1S/C29H38N4O2/c1-19(2)15-31(16-20(3)4)28(35)18-33-26-10-8-7-9-25(26)30-29(33)23-14-27(34)32(17-23)24-12-11-21(5)22(6)13-24/h7-13,19-20,23H,14-18H2,1-6H3. The van der Waals surface area contributed by atoms with Gasteiger partial charge >= 0.3 is 0 Å². The molecule has 2 amide bonds. The van der Waals surface area contributed by atoms with Gasteiger partial charge in [0.1, 0.15) is 12.4 Å². The summed E-state index contributed by atoms with van der Waals surface area (Å²) in [7, 11) is 0. The van der Waals surface area contributed by atoms with Crippen LogP contribution in [0, 0.1) is 25.7 Å². The lowest BCUT2D eigenvalue weighted by Gasteiger charge is -2.27. The number of carbonyl (C=O) groups is 2. The Morgan fingerprint density at radius 2 is 1.71 bits per heavy atom. The predicted octanol–water partition coefficient (Wildman–Crippen LogP) is 5.31. The van der Waals surface area contributed by atoms with Gasteiger partial charge in [-0.2, -0.15) is 0 Å². The van der Waals surface area contributed by atoms with E-state index in [4.69, 9.17) is 4.98 Å². The minimum absolute atomic E-state index is 0.0621. The smallest absolute Gasteiger partial charge is 0.242 e. The Labute approximate surface area is 208 Å². The average Bonchev–Trinajstić information content (AvgIpc) is 3.35. The summed E-state index contributed by atoms with van der Waals surface area (Å²) in [4.78, 5) is 35.4. The summed E-state index contributed by atoms with van der Waals surface area (Å²) in [6.45, 7) is 15.0. The summed E-state index contributed by atoms with van der Waals surface area (Å²) in [6, 6.07) is 14.1. The second-order valence-corrected chi connectivity index (χ2v) is 10.8. The summed E-state index contributed by atoms with van der Waals surface area (Å²) in [6.07, 6.45) is 0.395. The fraction of sp³-hybridized carbons (Fsp3) is 0.483. The van der Waals surface area contributed by atoms with E-state index in [1.54, 1.807) is 0 Å². The molecule has 1 fully saturated rings. The second-order valence-electron chi connectivity index (χ2n) is 10.8. The van der Waals surface area contributed by atoms with E-state index in [1.165, 1.54) is 11.1 Å². The summed E-state index contributed by atoms with van der Waals surface area (Å²) in [5, 5.41) is 0. The number of anilines is 1. The Morgan fingerprint density at radius 1 is 1.03 bits per heavy atom. The SMILES string of the molecule is Cc1ccc(N2CC(c3nc4ccccc4n3CC(=O)N(CC(C)C)CC(C)C)CC2=O)cc1C. The molecule has 3 aromatic rings. The van der Waals surface area contributed by atoms with Gasteiger partial charge in [-0.25, -0.2) is 4.98 Å². The molecule has 1 aromatic heterocycles. The third-order valence-corrected chi connectivity index (χ3v) is 6.79. The molecule has 6 nitrogen and oxygen atoms in total. The molecule has 186 valence electrons. The van der Waals surface area contributed by atoms with Gasteiger partial charge in [0.05, 0.1) is 11.0 Å². The van der Waals surface area contributed by atoms with Gasteiger partial charge in [-0.1, -0.05) is 45.9 Å². The molecule has 6 heteroatoms. The normalized spacial score (nSPS) is 16.2. The first kappa shape index (κ1) is 25.0. The van der Waals surface area contributed by atoms with Crippen LogP contribution in [0.15, 0.2) is 42.5 Å². The Bertz CT molecular complexity index is 1220. The Kier molecular flexibility index (Phi) is 7.29. The first-order valence-corrected chi connectivity index (χ1v) is 12.7. The lowest BCUT2D eigenvalue weighted by Crippen LogP contribution is -2.39. The maximum absolute atomic E-state index is 13.5. The topological polar surface area (TPSA) is 58.4 Å². The predicted molar refractivity (Wildman–Crippen MR) is 142 cm³/mol. The zero-order valence-electron chi connectivity index (χ0n) is 21.9. The van der Waals surface area contributed by atoms with Crippen molar-refractivity contribution in [1.82, 2.24) is 14.5 Å². The molecule has 4 rings (SSSR count). The molecule has 0 bridgehead atoms. The molecule has 35 heavy (non-hydrogen) atoms. The first-order chi connectivity index (χ1) is 16.6. The van der Waals surface area contributed by atoms with Crippen LogP contribution in [0.3, 0.4) is 0 Å². The van der Waals surface area contributed by atoms with E-state index in [9.17, 15) is 9.59 Å². The van der Waals surface area contributed by atoms with Crippen LogP contribution in [0.25, 0.3) is 11.0 Å². The average molecular weight is 475 g/mol. The number of rotatable bonds is 8. The van der Waals surface area contributed by atoms with E-state index in [-0.39, 0.29) is 24.3 Å². The van der Waals surface area contributed by atoms with Crippen LogP contribution in [-0.2, 0) is 16.1 Å². The van der Waals surface area contributed by atoms with Gasteiger partial charge in [0.2, 0.25) is 11.8 Å². The van der Waals surface area contributed by atoms with Crippen molar-refractivity contribution >= 4 is 28.5 Å². The van der Waals surface area contributed by atoms with Crippen LogP contribution in [0.1, 0.15) is 57.0 Å². The van der Waals surface area contributed by atoms with Gasteiger partial charge in [0, 0.05) is 37.7 Å². The van der Waals surface area contributed by atoms with Crippen LogP contribution < -0.4 is 4.90 Å². The summed E-state index contributed by atoms with van der Waals surface area (Å²) in [5.41, 5.74) is 5.13. The third kappa shape index (κ3) is 5.42. The van der Waals surface area contributed by atoms with E-state index < -0.39 is 0 Å². The fourth-order valence-corrected chi connectivity index (χ4v) is 4.99. The molecule has 1 saturated heterocycles. The van der Waals surface area contributed by atoms with Gasteiger partial charge in [0.25, 0.3) is 0 Å². The maximum Gasteiger partial charge on any atom is 0.242 e. The third-order valence-electron chi connectivity index (χ3n) is 6.79. The molecule has 0 N–H and O–H groups in total. The van der Waals surface area contributed by atoms with Crippen molar-refractivity contribution in [1.29, 1.82) is 0 Å². The van der Waals surface area contributed by atoms with Crippen molar-refractivity contribution in [3.05, 3.63) is 59.4 Å². The van der Waals surface area contributed by atoms with Crippen LogP contribution in [0.5, 0.6) is 0 Å². The first-order valence-electron chi connectivity index (χ1n) is 12.7. The minimum atomic E-state index is -0.0621. The van der Waals surface area contributed by atoms with E-state index in [2.05, 4.69) is 53.7 Å². The van der Waals surface area contributed by atoms with Crippen LogP contribution in [0.4, 0.5) is 5.69 Å². The van der Waals surface area contributed by atoms with Gasteiger partial charge < -0.3 is 14.4 Å². The van der Waals surface area contributed by atoms with E-state index in [1.807, 2.05) is 44.7 Å². The number of aromatic nitrogens is 2. The highest BCUT2D eigenvalue weighted by atomic mass is 16.2. The van der Waals surface area contributed by atoms with E-state index >= 15 is 0 Å². The van der Waals surface area contributed by atoms with Crippen LogP contribution >= 0.6 is 0 Å². The zero-order chi connectivity index (χ0) is 25.3. The Morgan fingerprint density at radius 3 is 2.37 bits per heavy atom. The largest absolute Gasteiger partial charge is 0.341 e. The molecule has 0 aliphatic carbocycles. The molecule has 2 heterocycles. The van der Waals surface area contributed by atoms with Crippen LogP contribution in [0.2, 0.25) is 0 Å². The number of fused-ring (bicyclic) bond motifs is 1. The van der Waals surface area contributed by atoms with Gasteiger partial charge in [-0.15, -0.1) is 0 Å². The van der Waals surface area contributed by atoms with E-state index in [0.717, 1.165) is 35.6 Å². The number of imidazole rings is 1. The molecule has 1 aliphatic heterocycles. The number of nitrogens with zero attached hydrogens (tertiary/aromatic N) is 4. The number of aryl methyl sites for hydroxylation is 2. The maximum atomic E-state index is 13.5. The van der Waals surface area contributed by atoms with Crippen molar-refractivity contribution in [2.24, 2.45) is 11.8 Å². The zero-order valence-corrected chi connectivity index (χ0v) is 21.9. The molecule has 1 aliphatic rings. The Balaban J connectivity index is 1.65. The minimum Gasteiger partial charge on any atom is -0.341 e. The quantitative estimate of drug-likeness (QED) is 0.444. The molecule has 0 spiro atoms. The van der Waals surface area contributed by atoms with Crippen molar-refractivity contribution in [2.45, 2.75) is 60.4 Å². The number of hydrogen-bond acceptors (Lipinski definition) is 3. The highest BCUT2D eigenvalue weighted by Crippen LogP contribution is 2.34. The fourth-order valence-electron chi connectivity index (χ4n) is 4.99. The van der Waals surface area contributed by atoms with Crippen molar-refractivity contribution in [3.8, 4) is 0 Å². The van der Waals surface area contributed by atoms with Crippen molar-refractivity contribution < 1.29 is 9.59 Å². The van der Waals surface area contributed by atoms with Gasteiger partial charge in [-0.3, -0.25) is 9.59 Å². The molecule has 1 unspecified atom stereocenters. The van der Waals surface area contributed by atoms with Crippen molar-refractivity contribution in [2.75, 3.05) is 24.5 Å². The van der Waals surface area contributed by atoms with Crippen LogP contribution in [-0.4, -0.2) is 45.9 Å². The van der Waals surface area contributed by atoms with E-state index in [0.29, 0.717) is 24.8 Å². The molecule has 2 aromatic carbocycles. The molecule has 0 radical (unpaired) electrons. The Hall–Kier alpha value is -3.15. The van der Waals surface area contributed by atoms with Gasteiger partial charge in [-0.05, 0) is 61.1 Å². The monoisotopic (exact) mass is 474 g/mol. The second kappa shape index (κ2) is 10.2. The summed E-state index contributed by atoms with van der Waals surface area (Å²) < 4.78 is 2.05. The van der Waals surface area contributed by atoms with Gasteiger partial charge in [0.15, 0.2) is 0 Å². The number of hydrogen-bond donors (Lipinski definition) is 0. The molecule has 1 atom stereocenters. The number of para-hydroxylation sites is 2. The molecular formula is C29H38N4O2. The highest BCUT2D eigenvalue weighted by Gasteiger charge is 2.35. The number of benzene rings is 2. The lowest BCUT2D eigenvalue weighted by atomic mass is 10.1. The molecular weight excluding hydrogens is 436 g/mol. The van der Waals surface area contributed by atoms with Crippen molar-refractivity contribution in [3.63, 3.8) is 0 Å². The molecule has 0 saturated carbocycles.